The molecule has 1 amide bonds. The normalized spacial score (nSPS) is 16.6. The predicted molar refractivity (Wildman–Crippen MR) is 87.9 cm³/mol. The third kappa shape index (κ3) is 4.87. The third-order valence-electron chi connectivity index (χ3n) is 3.61. The summed E-state index contributed by atoms with van der Waals surface area (Å²) >= 11 is -0.319. The largest absolute Gasteiger partial charge is 0.446 e. The maximum Gasteiger partial charge on any atom is 0.446 e. The van der Waals surface area contributed by atoms with Crippen LogP contribution in [0.4, 0.5) is 13.2 Å². The summed E-state index contributed by atoms with van der Waals surface area (Å²) in [6, 6.07) is 5.56. The standard InChI is InChI=1S/C17H15F3N2O2S/c1-16(9-21,10-24-11-4-2-3-5-11)14-8-12(25-17(18,19)20)6-7-13(14)15(22)23/h2-8,11H,10H2,1H3,(H2,22,23). The van der Waals surface area contributed by atoms with Crippen LogP contribution in [-0.4, -0.2) is 24.1 Å². The topological polar surface area (TPSA) is 76.1 Å². The lowest BCUT2D eigenvalue weighted by Gasteiger charge is -2.26. The zero-order chi connectivity index (χ0) is 18.7. The van der Waals surface area contributed by atoms with Crippen LogP contribution in [0.3, 0.4) is 0 Å². The maximum atomic E-state index is 12.6. The molecule has 1 aromatic carbocycles. The van der Waals surface area contributed by atoms with Gasteiger partial charge >= 0.3 is 5.51 Å². The number of alkyl halides is 3. The van der Waals surface area contributed by atoms with Crippen LogP contribution < -0.4 is 5.73 Å². The molecule has 2 N–H and O–H groups in total. The van der Waals surface area contributed by atoms with Crippen molar-refractivity contribution in [2.24, 2.45) is 5.73 Å². The first-order valence-electron chi connectivity index (χ1n) is 7.22. The van der Waals surface area contributed by atoms with Gasteiger partial charge in [0.1, 0.15) is 5.41 Å². The number of benzene rings is 1. The van der Waals surface area contributed by atoms with Crippen molar-refractivity contribution in [3.05, 3.63) is 53.6 Å². The number of halogens is 3. The van der Waals surface area contributed by atoms with Crippen molar-refractivity contribution < 1.29 is 22.7 Å². The van der Waals surface area contributed by atoms with Gasteiger partial charge in [-0.2, -0.15) is 18.4 Å². The number of amides is 1. The van der Waals surface area contributed by atoms with Crippen LogP contribution in [0.2, 0.25) is 0 Å². The summed E-state index contributed by atoms with van der Waals surface area (Å²) in [5.41, 5.74) is -0.387. The van der Waals surface area contributed by atoms with Crippen molar-refractivity contribution in [1.29, 1.82) is 5.26 Å². The quantitative estimate of drug-likeness (QED) is 0.777. The molecule has 1 unspecified atom stereocenters. The van der Waals surface area contributed by atoms with E-state index in [2.05, 4.69) is 0 Å². The van der Waals surface area contributed by atoms with Crippen LogP contribution in [0.15, 0.2) is 47.4 Å². The van der Waals surface area contributed by atoms with Crippen molar-refractivity contribution in [2.45, 2.75) is 28.8 Å². The Hall–Kier alpha value is -2.24. The van der Waals surface area contributed by atoms with E-state index in [1.807, 2.05) is 6.07 Å². The molecule has 0 spiro atoms. The summed E-state index contributed by atoms with van der Waals surface area (Å²) in [6.07, 6.45) is 6.77. The Morgan fingerprint density at radius 3 is 2.52 bits per heavy atom. The monoisotopic (exact) mass is 368 g/mol. The molecule has 132 valence electrons. The molecule has 0 heterocycles. The van der Waals surface area contributed by atoms with Crippen molar-refractivity contribution >= 4 is 17.7 Å². The van der Waals surface area contributed by atoms with Gasteiger partial charge in [0.05, 0.1) is 18.8 Å². The smallest absolute Gasteiger partial charge is 0.368 e. The third-order valence-corrected chi connectivity index (χ3v) is 4.33. The molecule has 1 aliphatic rings. The summed E-state index contributed by atoms with van der Waals surface area (Å²) in [5, 5.41) is 9.60. The first kappa shape index (κ1) is 19.1. The van der Waals surface area contributed by atoms with Gasteiger partial charge in [-0.15, -0.1) is 0 Å². The van der Waals surface area contributed by atoms with Crippen LogP contribution in [0.25, 0.3) is 0 Å². The zero-order valence-corrected chi connectivity index (χ0v) is 14.0. The molecule has 0 saturated heterocycles. The van der Waals surface area contributed by atoms with Crippen molar-refractivity contribution in [3.8, 4) is 6.07 Å². The Morgan fingerprint density at radius 1 is 1.36 bits per heavy atom. The number of nitrogens with zero attached hydrogens (tertiary/aromatic N) is 1. The Labute approximate surface area is 147 Å². The molecule has 1 aromatic rings. The summed E-state index contributed by atoms with van der Waals surface area (Å²) in [4.78, 5) is 11.5. The lowest BCUT2D eigenvalue weighted by Crippen LogP contribution is -2.31. The number of allylic oxidation sites excluding steroid dienone is 2. The fourth-order valence-corrected chi connectivity index (χ4v) is 2.93. The van der Waals surface area contributed by atoms with E-state index in [9.17, 15) is 23.2 Å². The molecule has 8 heteroatoms. The Morgan fingerprint density at radius 2 is 2.00 bits per heavy atom. The molecule has 25 heavy (non-hydrogen) atoms. The van der Waals surface area contributed by atoms with Gasteiger partial charge in [-0.25, -0.2) is 0 Å². The number of primary amides is 1. The molecular weight excluding hydrogens is 353 g/mol. The average Bonchev–Trinajstić information content (AvgIpc) is 3.04. The number of thioether (sulfide) groups is 1. The molecule has 0 aromatic heterocycles. The maximum absolute atomic E-state index is 12.6. The van der Waals surface area contributed by atoms with E-state index < -0.39 is 16.8 Å². The fraction of sp³-hybridized carbons (Fsp3) is 0.294. The van der Waals surface area contributed by atoms with Gasteiger partial charge < -0.3 is 10.5 Å². The van der Waals surface area contributed by atoms with Crippen LogP contribution in [0.5, 0.6) is 0 Å². The minimum absolute atomic E-state index is 0.00307. The number of nitrogens with two attached hydrogens (primary N) is 1. The number of carbonyl (C=O) groups is 1. The van der Waals surface area contributed by atoms with Crippen molar-refractivity contribution in [3.63, 3.8) is 0 Å². The first-order valence-corrected chi connectivity index (χ1v) is 8.04. The van der Waals surface area contributed by atoms with Gasteiger partial charge in [0, 0.05) is 10.5 Å². The van der Waals surface area contributed by atoms with Crippen LogP contribution in [0, 0.1) is 11.3 Å². The van der Waals surface area contributed by atoms with Crippen LogP contribution in [-0.2, 0) is 10.2 Å². The SMILES string of the molecule is CC(C#N)(COC1C=CC=C1)c1cc(SC(F)(F)F)ccc1C(N)=O. The summed E-state index contributed by atoms with van der Waals surface area (Å²) in [6.45, 7) is 1.39. The average molecular weight is 368 g/mol. The number of nitriles is 1. The number of ether oxygens (including phenoxy) is 1. The van der Waals surface area contributed by atoms with Gasteiger partial charge in [-0.3, -0.25) is 4.79 Å². The zero-order valence-electron chi connectivity index (χ0n) is 13.2. The van der Waals surface area contributed by atoms with Gasteiger partial charge in [0.2, 0.25) is 5.91 Å². The van der Waals surface area contributed by atoms with Gasteiger partial charge in [-0.1, -0.05) is 24.3 Å². The van der Waals surface area contributed by atoms with E-state index in [1.54, 1.807) is 24.3 Å². The number of carbonyl (C=O) groups excluding carboxylic acids is 1. The Bertz CT molecular complexity index is 756. The highest BCUT2D eigenvalue weighted by Crippen LogP contribution is 2.39. The minimum Gasteiger partial charge on any atom is -0.368 e. The van der Waals surface area contributed by atoms with Crippen LogP contribution >= 0.6 is 11.8 Å². The first-order chi connectivity index (χ1) is 11.6. The highest BCUT2D eigenvalue weighted by Gasteiger charge is 2.34. The number of hydrogen-bond donors (Lipinski definition) is 1. The van der Waals surface area contributed by atoms with E-state index in [1.165, 1.54) is 19.1 Å². The summed E-state index contributed by atoms with van der Waals surface area (Å²) in [5.74, 6) is -0.819. The van der Waals surface area contributed by atoms with Gasteiger partial charge in [0.25, 0.3) is 0 Å². The van der Waals surface area contributed by atoms with Gasteiger partial charge in [-0.05, 0) is 42.4 Å². The predicted octanol–water partition coefficient (Wildman–Crippen LogP) is 3.69. The number of hydrogen-bond acceptors (Lipinski definition) is 4. The van der Waals surface area contributed by atoms with E-state index in [0.29, 0.717) is 0 Å². The minimum atomic E-state index is -4.48. The van der Waals surface area contributed by atoms with Crippen molar-refractivity contribution in [1.82, 2.24) is 0 Å². The molecule has 0 bridgehead atoms. The summed E-state index contributed by atoms with van der Waals surface area (Å²) < 4.78 is 43.5. The highest BCUT2D eigenvalue weighted by atomic mass is 32.2. The molecule has 0 radical (unpaired) electrons. The second kappa shape index (κ2) is 7.33. The molecule has 0 saturated carbocycles. The molecular formula is C17H15F3N2O2S. The van der Waals surface area contributed by atoms with E-state index in [0.717, 1.165) is 6.07 Å². The molecule has 0 fully saturated rings. The second-order valence-corrected chi connectivity index (χ2v) is 6.75. The Kier molecular flexibility index (Phi) is 5.60. The highest BCUT2D eigenvalue weighted by molar-refractivity contribution is 8.00. The molecule has 4 nitrogen and oxygen atoms in total. The van der Waals surface area contributed by atoms with Gasteiger partial charge in [0.15, 0.2) is 0 Å². The molecule has 1 atom stereocenters. The Balaban J connectivity index is 2.38. The van der Waals surface area contributed by atoms with Crippen molar-refractivity contribution in [2.75, 3.05) is 6.61 Å². The van der Waals surface area contributed by atoms with E-state index >= 15 is 0 Å². The molecule has 2 rings (SSSR count). The second-order valence-electron chi connectivity index (χ2n) is 5.61. The van der Waals surface area contributed by atoms with E-state index in [-0.39, 0.29) is 40.5 Å². The lowest BCUT2D eigenvalue weighted by molar-refractivity contribution is -0.0328. The van der Waals surface area contributed by atoms with E-state index in [4.69, 9.17) is 10.5 Å². The molecule has 1 aliphatic carbocycles. The number of rotatable bonds is 6. The fourth-order valence-electron chi connectivity index (χ4n) is 2.35. The summed E-state index contributed by atoms with van der Waals surface area (Å²) in [7, 11) is 0. The lowest BCUT2D eigenvalue weighted by atomic mass is 9.81. The van der Waals surface area contributed by atoms with Crippen LogP contribution in [0.1, 0.15) is 22.8 Å². The molecule has 0 aliphatic heterocycles.